The normalized spacial score (nSPS) is 11.7. The second-order valence-corrected chi connectivity index (χ2v) is 14.9. The van der Waals surface area contributed by atoms with Crippen LogP contribution in [0.5, 0.6) is 0 Å². The number of para-hydroxylation sites is 3. The fourth-order valence-electron chi connectivity index (χ4n) is 8.82. The van der Waals surface area contributed by atoms with Gasteiger partial charge in [0.2, 0.25) is 0 Å². The number of hydrogen-bond donors (Lipinski definition) is 0. The minimum Gasteiger partial charge on any atom is -0.317 e. The highest BCUT2D eigenvalue weighted by atomic mass is 15.1. The van der Waals surface area contributed by atoms with Crippen LogP contribution in [-0.2, 0) is 0 Å². The third kappa shape index (κ3) is 5.31. The van der Waals surface area contributed by atoms with Crippen LogP contribution in [-0.4, -0.2) is 28.7 Å². The van der Waals surface area contributed by atoms with Crippen LogP contribution >= 0.6 is 0 Å². The molecule has 4 heterocycles. The Hall–Kier alpha value is -8.09. The predicted molar refractivity (Wildman–Crippen MR) is 242 cm³/mol. The summed E-state index contributed by atoms with van der Waals surface area (Å²) in [7, 11) is 0. The van der Waals surface area contributed by atoms with E-state index in [0.717, 1.165) is 55.8 Å². The molecule has 4 aromatic heterocycles. The van der Waals surface area contributed by atoms with Crippen LogP contribution in [0.25, 0.3) is 106 Å². The quantitative estimate of drug-likeness (QED) is 0.170. The average Bonchev–Trinajstić information content (AvgIpc) is 3.99. The monoisotopic (exact) mass is 754 g/mol. The van der Waals surface area contributed by atoms with E-state index in [1.165, 1.54) is 32.4 Å². The van der Waals surface area contributed by atoms with E-state index in [-0.39, 0.29) is 0 Å². The highest BCUT2D eigenvalue weighted by Gasteiger charge is 2.23. The summed E-state index contributed by atoms with van der Waals surface area (Å²) in [5, 5.41) is 5.94. The Labute approximate surface area is 339 Å². The highest BCUT2D eigenvalue weighted by Crippen LogP contribution is 2.43. The molecule has 0 amide bonds. The van der Waals surface area contributed by atoms with E-state index >= 15 is 0 Å². The van der Waals surface area contributed by atoms with Crippen LogP contribution in [0.2, 0.25) is 0 Å². The summed E-state index contributed by atoms with van der Waals surface area (Å²) < 4.78 is 7.17. The first-order valence-electron chi connectivity index (χ1n) is 19.9. The smallest absolute Gasteiger partial charge is 0.164 e. The lowest BCUT2D eigenvalue weighted by Gasteiger charge is -2.14. The summed E-state index contributed by atoms with van der Waals surface area (Å²) >= 11 is 0. The molecule has 0 bridgehead atoms. The van der Waals surface area contributed by atoms with Crippen molar-refractivity contribution in [2.75, 3.05) is 0 Å². The van der Waals surface area contributed by atoms with Gasteiger partial charge in [-0.25, -0.2) is 15.0 Å². The third-order valence-corrected chi connectivity index (χ3v) is 11.5. The Morgan fingerprint density at radius 3 is 1.47 bits per heavy atom. The number of aromatic nitrogens is 6. The summed E-state index contributed by atoms with van der Waals surface area (Å²) in [5.74, 6) is 1.89. The summed E-state index contributed by atoms with van der Waals surface area (Å²) in [6.45, 7) is 0. The maximum absolute atomic E-state index is 5.11. The molecule has 0 radical (unpaired) electrons. The fourth-order valence-corrected chi connectivity index (χ4v) is 8.82. The molecule has 0 spiro atoms. The Morgan fingerprint density at radius 2 is 0.814 bits per heavy atom. The number of rotatable bonds is 6. The van der Waals surface area contributed by atoms with E-state index in [1.54, 1.807) is 0 Å². The topological polar surface area (TPSA) is 53.5 Å². The van der Waals surface area contributed by atoms with Crippen LogP contribution in [0.3, 0.4) is 0 Å². The molecule has 59 heavy (non-hydrogen) atoms. The molecule has 0 atom stereocenters. The molecule has 12 aromatic rings. The Balaban J connectivity index is 1.18. The van der Waals surface area contributed by atoms with E-state index in [0.29, 0.717) is 17.5 Å². The zero-order chi connectivity index (χ0) is 38.9. The molecule has 0 aliphatic carbocycles. The van der Waals surface area contributed by atoms with Gasteiger partial charge in [0, 0.05) is 66.9 Å². The van der Waals surface area contributed by atoms with E-state index in [2.05, 4.69) is 159 Å². The molecule has 6 nitrogen and oxygen atoms in total. The van der Waals surface area contributed by atoms with Gasteiger partial charge in [-0.15, -0.1) is 0 Å². The van der Waals surface area contributed by atoms with Gasteiger partial charge >= 0.3 is 0 Å². The molecule has 0 saturated carbocycles. The van der Waals surface area contributed by atoms with Crippen molar-refractivity contribution in [2.24, 2.45) is 0 Å². The summed E-state index contributed by atoms with van der Waals surface area (Å²) in [4.78, 5) is 15.2. The molecule has 12 rings (SSSR count). The largest absolute Gasteiger partial charge is 0.317 e. The Bertz CT molecular complexity index is 3470. The zero-order valence-electron chi connectivity index (χ0n) is 31.8. The van der Waals surface area contributed by atoms with E-state index in [9.17, 15) is 0 Å². The Kier molecular flexibility index (Phi) is 7.43. The molecule has 0 aliphatic heterocycles. The maximum atomic E-state index is 5.11. The van der Waals surface area contributed by atoms with Crippen molar-refractivity contribution in [2.45, 2.75) is 0 Å². The average molecular weight is 755 g/mol. The lowest BCUT2D eigenvalue weighted by molar-refractivity contribution is 1.07. The van der Waals surface area contributed by atoms with Crippen molar-refractivity contribution in [1.29, 1.82) is 0 Å². The van der Waals surface area contributed by atoms with E-state index < -0.39 is 0 Å². The summed E-state index contributed by atoms with van der Waals surface area (Å²) in [5.41, 5.74) is 11.8. The van der Waals surface area contributed by atoms with Crippen molar-refractivity contribution in [3.63, 3.8) is 0 Å². The van der Waals surface area contributed by atoms with Gasteiger partial charge in [0.25, 0.3) is 0 Å². The van der Waals surface area contributed by atoms with Crippen molar-refractivity contribution >= 4 is 54.5 Å². The SMILES string of the molecule is c1ccc(-c2nc(-c3ccccc3)nc(-c3cccc(-n4c5cc6ccn(-c7ccccc7)c6cc5c5ccc6c7ccccc7n(-c7ccccc7)c6c54)c3)n2)cc1. The van der Waals surface area contributed by atoms with Gasteiger partial charge in [0.15, 0.2) is 17.5 Å². The minimum absolute atomic E-state index is 0.617. The van der Waals surface area contributed by atoms with Gasteiger partial charge in [-0.3, -0.25) is 0 Å². The highest BCUT2D eigenvalue weighted by molar-refractivity contribution is 6.25. The first-order valence-corrected chi connectivity index (χ1v) is 19.9. The fraction of sp³-hybridized carbons (Fsp3) is 0. The second kappa shape index (κ2) is 13.3. The molecule has 0 unspecified atom stereocenters. The number of nitrogens with zero attached hydrogens (tertiary/aromatic N) is 6. The van der Waals surface area contributed by atoms with E-state index in [1.807, 2.05) is 60.7 Å². The van der Waals surface area contributed by atoms with Crippen molar-refractivity contribution < 1.29 is 0 Å². The second-order valence-electron chi connectivity index (χ2n) is 14.9. The first-order chi connectivity index (χ1) is 29.3. The molecule has 6 heteroatoms. The third-order valence-electron chi connectivity index (χ3n) is 11.5. The maximum Gasteiger partial charge on any atom is 0.164 e. The lowest BCUT2D eigenvalue weighted by atomic mass is 10.1. The number of hydrogen-bond acceptors (Lipinski definition) is 3. The molecule has 276 valence electrons. The van der Waals surface area contributed by atoms with Crippen molar-refractivity contribution in [1.82, 2.24) is 28.7 Å². The Morgan fingerprint density at radius 1 is 0.305 bits per heavy atom. The van der Waals surface area contributed by atoms with Crippen LogP contribution in [0.15, 0.2) is 206 Å². The molecular formula is C53H34N6. The summed E-state index contributed by atoms with van der Waals surface area (Å²) in [6.07, 6.45) is 2.17. The standard InChI is InChI=1S/C53H34N6/c1-5-16-35(17-6-1)51-54-52(36-18-7-2-8-19-36)56-53(55-51)38-20-15-25-41(32-38)59-48-33-37-30-31-57(39-21-9-3-10-22-39)47(37)34-45(48)44-29-28-43-42-26-13-14-27-46(42)58(49(43)50(44)59)40-23-11-4-12-24-40/h1-34H. The zero-order valence-corrected chi connectivity index (χ0v) is 31.8. The molecule has 0 saturated heterocycles. The predicted octanol–water partition coefficient (Wildman–Crippen LogP) is 13.0. The van der Waals surface area contributed by atoms with Gasteiger partial charge in [0.05, 0.1) is 27.6 Å². The van der Waals surface area contributed by atoms with Gasteiger partial charge in [-0.2, -0.15) is 0 Å². The van der Waals surface area contributed by atoms with Gasteiger partial charge in [-0.05, 0) is 60.7 Å². The van der Waals surface area contributed by atoms with Crippen LogP contribution in [0.1, 0.15) is 0 Å². The van der Waals surface area contributed by atoms with E-state index in [4.69, 9.17) is 15.0 Å². The lowest BCUT2D eigenvalue weighted by Crippen LogP contribution is -2.01. The van der Waals surface area contributed by atoms with Gasteiger partial charge < -0.3 is 13.7 Å². The minimum atomic E-state index is 0.617. The number of benzene rings is 8. The molecule has 0 N–H and O–H groups in total. The van der Waals surface area contributed by atoms with Crippen molar-refractivity contribution in [3.05, 3.63) is 206 Å². The molecule has 8 aromatic carbocycles. The first kappa shape index (κ1) is 33.1. The molecular weight excluding hydrogens is 721 g/mol. The van der Waals surface area contributed by atoms with Crippen molar-refractivity contribution in [3.8, 4) is 51.2 Å². The van der Waals surface area contributed by atoms with Gasteiger partial charge in [0.1, 0.15) is 0 Å². The molecule has 0 aliphatic rings. The van der Waals surface area contributed by atoms with Crippen LogP contribution in [0.4, 0.5) is 0 Å². The molecule has 0 fully saturated rings. The van der Waals surface area contributed by atoms with Crippen LogP contribution < -0.4 is 0 Å². The summed E-state index contributed by atoms with van der Waals surface area (Å²) in [6, 6.07) is 70.5. The van der Waals surface area contributed by atoms with Crippen LogP contribution in [0, 0.1) is 0 Å². The van der Waals surface area contributed by atoms with Gasteiger partial charge in [-0.1, -0.05) is 140 Å². The number of fused-ring (bicyclic) bond motifs is 8.